The SMILES string of the molecule is CCOC(=O)c1c(NC(=O)CCc2ccc(CC)o2)sc2c1CCCC2. The van der Waals surface area contributed by atoms with Crippen LogP contribution in [-0.2, 0) is 35.2 Å². The van der Waals surface area contributed by atoms with Crippen molar-refractivity contribution in [2.24, 2.45) is 0 Å². The van der Waals surface area contributed by atoms with Crippen LogP contribution in [0.2, 0.25) is 0 Å². The Balaban J connectivity index is 1.70. The minimum Gasteiger partial charge on any atom is -0.466 e. The Labute approximate surface area is 157 Å². The Morgan fingerprint density at radius 1 is 1.19 bits per heavy atom. The highest BCUT2D eigenvalue weighted by atomic mass is 32.1. The van der Waals surface area contributed by atoms with Crippen LogP contribution in [-0.4, -0.2) is 18.5 Å². The molecule has 0 bridgehead atoms. The molecule has 1 N–H and O–H groups in total. The summed E-state index contributed by atoms with van der Waals surface area (Å²) in [5, 5.41) is 3.57. The highest BCUT2D eigenvalue weighted by Crippen LogP contribution is 2.38. The van der Waals surface area contributed by atoms with Crippen molar-refractivity contribution in [1.29, 1.82) is 0 Å². The van der Waals surface area contributed by atoms with Gasteiger partial charge in [0, 0.05) is 24.1 Å². The number of fused-ring (bicyclic) bond motifs is 1. The lowest BCUT2D eigenvalue weighted by Gasteiger charge is -2.12. The van der Waals surface area contributed by atoms with Crippen molar-refractivity contribution in [3.05, 3.63) is 39.7 Å². The molecule has 0 saturated heterocycles. The summed E-state index contributed by atoms with van der Waals surface area (Å²) in [7, 11) is 0. The lowest BCUT2D eigenvalue weighted by molar-refractivity contribution is -0.116. The zero-order valence-electron chi connectivity index (χ0n) is 15.4. The quantitative estimate of drug-likeness (QED) is 0.722. The second-order valence-corrected chi connectivity index (χ2v) is 7.51. The van der Waals surface area contributed by atoms with Crippen LogP contribution in [0.15, 0.2) is 16.5 Å². The standard InChI is InChI=1S/C20H25NO4S/c1-3-13-9-10-14(25-13)11-12-17(22)21-19-18(20(23)24-4-2)15-7-5-6-8-16(15)26-19/h9-10H,3-8,11-12H2,1-2H3,(H,21,22). The molecule has 1 amide bonds. The number of anilines is 1. The van der Waals surface area contributed by atoms with Crippen LogP contribution < -0.4 is 5.32 Å². The van der Waals surface area contributed by atoms with Crippen LogP contribution in [0.3, 0.4) is 0 Å². The van der Waals surface area contributed by atoms with Crippen LogP contribution >= 0.6 is 11.3 Å². The second-order valence-electron chi connectivity index (χ2n) is 6.41. The van der Waals surface area contributed by atoms with Crippen molar-refractivity contribution in [3.63, 3.8) is 0 Å². The van der Waals surface area contributed by atoms with Gasteiger partial charge in [-0.05, 0) is 50.3 Å². The summed E-state index contributed by atoms with van der Waals surface area (Å²) in [6, 6.07) is 3.86. The third-order valence-corrected chi connectivity index (χ3v) is 5.78. The number of esters is 1. The average molecular weight is 375 g/mol. The number of carbonyl (C=O) groups is 2. The maximum atomic E-state index is 12.4. The predicted octanol–water partition coefficient (Wildman–Crippen LogP) is 4.53. The van der Waals surface area contributed by atoms with E-state index in [-0.39, 0.29) is 11.9 Å². The topological polar surface area (TPSA) is 68.5 Å². The smallest absolute Gasteiger partial charge is 0.341 e. The van der Waals surface area contributed by atoms with Gasteiger partial charge in [0.15, 0.2) is 0 Å². The zero-order chi connectivity index (χ0) is 18.5. The Kier molecular flexibility index (Phi) is 6.14. The van der Waals surface area contributed by atoms with Crippen molar-refractivity contribution in [1.82, 2.24) is 0 Å². The number of amides is 1. The van der Waals surface area contributed by atoms with Gasteiger partial charge in [-0.25, -0.2) is 4.79 Å². The van der Waals surface area contributed by atoms with Gasteiger partial charge in [-0.2, -0.15) is 0 Å². The van der Waals surface area contributed by atoms with E-state index in [0.717, 1.165) is 49.2 Å². The number of nitrogens with one attached hydrogen (secondary N) is 1. The third-order valence-electron chi connectivity index (χ3n) is 4.57. The van der Waals surface area contributed by atoms with Gasteiger partial charge in [0.2, 0.25) is 5.91 Å². The van der Waals surface area contributed by atoms with Gasteiger partial charge in [-0.3, -0.25) is 4.79 Å². The number of aryl methyl sites for hydroxylation is 3. The van der Waals surface area contributed by atoms with E-state index in [1.807, 2.05) is 19.1 Å². The first-order valence-electron chi connectivity index (χ1n) is 9.31. The molecule has 0 unspecified atom stereocenters. The molecule has 1 aliphatic rings. The van der Waals surface area contributed by atoms with E-state index in [1.165, 1.54) is 16.2 Å². The Morgan fingerprint density at radius 3 is 2.69 bits per heavy atom. The Morgan fingerprint density at radius 2 is 1.96 bits per heavy atom. The Hall–Kier alpha value is -2.08. The van der Waals surface area contributed by atoms with Crippen molar-refractivity contribution in [2.45, 2.75) is 58.8 Å². The molecule has 0 spiro atoms. The molecule has 2 aromatic heterocycles. The van der Waals surface area contributed by atoms with Crippen molar-refractivity contribution in [3.8, 4) is 0 Å². The van der Waals surface area contributed by atoms with E-state index >= 15 is 0 Å². The number of rotatable bonds is 7. The molecular formula is C20H25NO4S. The average Bonchev–Trinajstić information content (AvgIpc) is 3.24. The fourth-order valence-electron chi connectivity index (χ4n) is 3.25. The third kappa shape index (κ3) is 4.18. The molecule has 0 aliphatic heterocycles. The molecule has 2 heterocycles. The molecule has 0 aromatic carbocycles. The number of furan rings is 1. The first-order chi connectivity index (χ1) is 12.6. The molecule has 0 radical (unpaired) electrons. The molecule has 140 valence electrons. The molecule has 0 atom stereocenters. The van der Waals surface area contributed by atoms with E-state index in [9.17, 15) is 9.59 Å². The summed E-state index contributed by atoms with van der Waals surface area (Å²) in [6.45, 7) is 4.16. The molecular weight excluding hydrogens is 350 g/mol. The van der Waals surface area contributed by atoms with E-state index in [1.54, 1.807) is 6.92 Å². The minimum absolute atomic E-state index is 0.108. The highest BCUT2D eigenvalue weighted by molar-refractivity contribution is 7.17. The fourth-order valence-corrected chi connectivity index (χ4v) is 4.54. The van der Waals surface area contributed by atoms with Gasteiger partial charge in [0.1, 0.15) is 16.5 Å². The van der Waals surface area contributed by atoms with Crippen molar-refractivity contribution >= 4 is 28.2 Å². The number of thiophene rings is 1. The largest absolute Gasteiger partial charge is 0.466 e. The van der Waals surface area contributed by atoms with Crippen LogP contribution in [0.4, 0.5) is 5.00 Å². The van der Waals surface area contributed by atoms with E-state index in [2.05, 4.69) is 5.32 Å². The zero-order valence-corrected chi connectivity index (χ0v) is 16.2. The maximum Gasteiger partial charge on any atom is 0.341 e. The lowest BCUT2D eigenvalue weighted by atomic mass is 9.95. The first-order valence-corrected chi connectivity index (χ1v) is 10.1. The van der Waals surface area contributed by atoms with Crippen LogP contribution in [0.5, 0.6) is 0 Å². The summed E-state index contributed by atoms with van der Waals surface area (Å²) < 4.78 is 10.9. The molecule has 2 aromatic rings. The number of carbonyl (C=O) groups excluding carboxylic acids is 2. The van der Waals surface area contributed by atoms with Gasteiger partial charge in [-0.1, -0.05) is 6.92 Å². The summed E-state index contributed by atoms with van der Waals surface area (Å²) in [4.78, 5) is 26.0. The monoisotopic (exact) mass is 375 g/mol. The van der Waals surface area contributed by atoms with Crippen LogP contribution in [0, 0.1) is 0 Å². The molecule has 0 saturated carbocycles. The van der Waals surface area contributed by atoms with Gasteiger partial charge in [0.05, 0.1) is 12.2 Å². The summed E-state index contributed by atoms with van der Waals surface area (Å²) in [6.07, 6.45) is 5.75. The number of hydrogen-bond acceptors (Lipinski definition) is 5. The molecule has 0 fully saturated rings. The van der Waals surface area contributed by atoms with Gasteiger partial charge >= 0.3 is 5.97 Å². The number of hydrogen-bond donors (Lipinski definition) is 1. The van der Waals surface area contributed by atoms with E-state index in [4.69, 9.17) is 9.15 Å². The van der Waals surface area contributed by atoms with Gasteiger partial charge in [0.25, 0.3) is 0 Å². The van der Waals surface area contributed by atoms with Crippen molar-refractivity contribution in [2.75, 3.05) is 11.9 Å². The first kappa shape index (κ1) is 18.7. The summed E-state index contributed by atoms with van der Waals surface area (Å²) in [5.41, 5.74) is 1.62. The summed E-state index contributed by atoms with van der Waals surface area (Å²) in [5.74, 6) is 1.30. The van der Waals surface area contributed by atoms with E-state index in [0.29, 0.717) is 30.0 Å². The molecule has 1 aliphatic carbocycles. The second kappa shape index (κ2) is 8.54. The summed E-state index contributed by atoms with van der Waals surface area (Å²) >= 11 is 1.52. The molecule has 3 rings (SSSR count). The molecule has 5 nitrogen and oxygen atoms in total. The molecule has 26 heavy (non-hydrogen) atoms. The Bertz CT molecular complexity index is 790. The number of ether oxygens (including phenoxy) is 1. The van der Waals surface area contributed by atoms with Gasteiger partial charge in [-0.15, -0.1) is 11.3 Å². The van der Waals surface area contributed by atoms with E-state index < -0.39 is 0 Å². The molecule has 6 heteroatoms. The van der Waals surface area contributed by atoms with Crippen molar-refractivity contribution < 1.29 is 18.7 Å². The lowest BCUT2D eigenvalue weighted by Crippen LogP contribution is -2.16. The van der Waals surface area contributed by atoms with Gasteiger partial charge < -0.3 is 14.5 Å². The maximum absolute atomic E-state index is 12.4. The predicted molar refractivity (Wildman–Crippen MR) is 102 cm³/mol. The normalized spacial score (nSPS) is 13.3. The fraction of sp³-hybridized carbons (Fsp3) is 0.500. The minimum atomic E-state index is -0.333. The highest BCUT2D eigenvalue weighted by Gasteiger charge is 2.27. The van der Waals surface area contributed by atoms with Crippen LogP contribution in [0.25, 0.3) is 0 Å². The van der Waals surface area contributed by atoms with Crippen LogP contribution in [0.1, 0.15) is 65.4 Å².